The fourth-order valence-corrected chi connectivity index (χ4v) is 4.53. The minimum absolute atomic E-state index is 0.327. The van der Waals surface area contributed by atoms with Gasteiger partial charge >= 0.3 is 0 Å². The first-order valence-corrected chi connectivity index (χ1v) is 8.00. The van der Waals surface area contributed by atoms with Crippen molar-refractivity contribution in [3.05, 3.63) is 34.3 Å². The van der Waals surface area contributed by atoms with Crippen LogP contribution < -0.4 is 5.73 Å². The number of benzene rings is 1. The molecule has 2 bridgehead atoms. The van der Waals surface area contributed by atoms with Crippen molar-refractivity contribution in [3.8, 4) is 0 Å². The normalized spacial score (nSPS) is 31.8. The van der Waals surface area contributed by atoms with E-state index in [1.807, 2.05) is 0 Å². The molecule has 0 radical (unpaired) electrons. The minimum atomic E-state index is 0.327. The molecule has 3 rings (SSSR count). The standard InChI is InChI=1S/C16H22BrN/c17-16-4-2-1-3-13(16)9-15(18)10-14-8-11-5-6-12(14)7-11/h1-4,11-12,14-15H,5-10,18H2. The maximum Gasteiger partial charge on any atom is 0.0207 e. The SMILES string of the molecule is NC(Cc1ccccc1Br)CC1CC2CCC1C2. The molecule has 4 atom stereocenters. The van der Waals surface area contributed by atoms with E-state index in [2.05, 4.69) is 40.2 Å². The maximum atomic E-state index is 6.37. The second-order valence-corrected chi connectivity index (χ2v) is 7.08. The first-order chi connectivity index (χ1) is 8.72. The molecule has 2 heteroatoms. The van der Waals surface area contributed by atoms with E-state index in [0.717, 1.165) is 24.2 Å². The third-order valence-corrected chi connectivity index (χ3v) is 5.70. The molecule has 2 aliphatic carbocycles. The van der Waals surface area contributed by atoms with Crippen molar-refractivity contribution >= 4 is 15.9 Å². The van der Waals surface area contributed by atoms with Crippen LogP contribution in [-0.2, 0) is 6.42 Å². The predicted molar refractivity (Wildman–Crippen MR) is 79.4 cm³/mol. The second-order valence-electron chi connectivity index (χ2n) is 6.23. The number of nitrogens with two attached hydrogens (primary N) is 1. The zero-order valence-electron chi connectivity index (χ0n) is 10.8. The van der Waals surface area contributed by atoms with Crippen molar-refractivity contribution in [1.29, 1.82) is 0 Å². The number of halogens is 1. The molecule has 2 aliphatic rings. The van der Waals surface area contributed by atoms with E-state index >= 15 is 0 Å². The molecule has 0 spiro atoms. The average Bonchev–Trinajstić information content (AvgIpc) is 2.94. The summed E-state index contributed by atoms with van der Waals surface area (Å²) in [4.78, 5) is 0. The number of fused-ring (bicyclic) bond motifs is 2. The van der Waals surface area contributed by atoms with Crippen LogP contribution in [0.5, 0.6) is 0 Å². The van der Waals surface area contributed by atoms with Gasteiger partial charge in [0.2, 0.25) is 0 Å². The summed E-state index contributed by atoms with van der Waals surface area (Å²) >= 11 is 3.61. The van der Waals surface area contributed by atoms with Crippen molar-refractivity contribution in [2.75, 3.05) is 0 Å². The molecule has 1 aromatic carbocycles. The Bertz CT molecular complexity index is 417. The van der Waals surface area contributed by atoms with Gasteiger partial charge in [0, 0.05) is 10.5 Å². The van der Waals surface area contributed by atoms with Crippen LogP contribution in [0.2, 0.25) is 0 Å². The first kappa shape index (κ1) is 12.7. The van der Waals surface area contributed by atoms with Gasteiger partial charge in [-0.3, -0.25) is 0 Å². The van der Waals surface area contributed by atoms with Gasteiger partial charge in [-0.05, 0) is 61.5 Å². The van der Waals surface area contributed by atoms with E-state index in [1.54, 1.807) is 0 Å². The fraction of sp³-hybridized carbons (Fsp3) is 0.625. The zero-order valence-corrected chi connectivity index (χ0v) is 12.4. The highest BCUT2D eigenvalue weighted by molar-refractivity contribution is 9.10. The molecule has 1 nitrogen and oxygen atoms in total. The molecule has 2 N–H and O–H groups in total. The molecular weight excluding hydrogens is 286 g/mol. The van der Waals surface area contributed by atoms with E-state index in [-0.39, 0.29) is 0 Å². The van der Waals surface area contributed by atoms with Gasteiger partial charge in [0.05, 0.1) is 0 Å². The van der Waals surface area contributed by atoms with Gasteiger partial charge in [-0.1, -0.05) is 40.5 Å². The highest BCUT2D eigenvalue weighted by Crippen LogP contribution is 2.49. The molecule has 98 valence electrons. The second kappa shape index (κ2) is 5.34. The first-order valence-electron chi connectivity index (χ1n) is 7.21. The Balaban J connectivity index is 1.56. The van der Waals surface area contributed by atoms with E-state index in [0.29, 0.717) is 6.04 Å². The minimum Gasteiger partial charge on any atom is -0.327 e. The van der Waals surface area contributed by atoms with Gasteiger partial charge in [0.15, 0.2) is 0 Å². The predicted octanol–water partition coefficient (Wildman–Crippen LogP) is 4.15. The van der Waals surface area contributed by atoms with Crippen LogP contribution in [0, 0.1) is 17.8 Å². The largest absolute Gasteiger partial charge is 0.327 e. The van der Waals surface area contributed by atoms with Crippen LogP contribution >= 0.6 is 15.9 Å². The van der Waals surface area contributed by atoms with Gasteiger partial charge in [-0.25, -0.2) is 0 Å². The Labute approximate surface area is 118 Å². The number of rotatable bonds is 4. The molecule has 18 heavy (non-hydrogen) atoms. The average molecular weight is 308 g/mol. The highest BCUT2D eigenvalue weighted by atomic mass is 79.9. The van der Waals surface area contributed by atoms with Crippen molar-refractivity contribution in [2.45, 2.75) is 44.6 Å². The molecule has 0 heterocycles. The summed E-state index contributed by atoms with van der Waals surface area (Å²) in [5.41, 5.74) is 7.72. The Morgan fingerprint density at radius 3 is 2.72 bits per heavy atom. The summed E-state index contributed by atoms with van der Waals surface area (Å²) in [6.07, 6.45) is 8.14. The van der Waals surface area contributed by atoms with Crippen LogP contribution in [0.3, 0.4) is 0 Å². The third-order valence-electron chi connectivity index (χ3n) is 4.93. The van der Waals surface area contributed by atoms with Crippen molar-refractivity contribution < 1.29 is 0 Å². The topological polar surface area (TPSA) is 26.0 Å². The Morgan fingerprint density at radius 1 is 1.22 bits per heavy atom. The number of hydrogen-bond acceptors (Lipinski definition) is 1. The molecule has 2 saturated carbocycles. The lowest BCUT2D eigenvalue weighted by Gasteiger charge is -2.25. The third kappa shape index (κ3) is 2.65. The molecule has 2 fully saturated rings. The van der Waals surface area contributed by atoms with Crippen LogP contribution in [-0.4, -0.2) is 6.04 Å². The summed E-state index contributed by atoms with van der Waals surface area (Å²) < 4.78 is 1.20. The Kier molecular flexibility index (Phi) is 3.76. The van der Waals surface area contributed by atoms with E-state index in [4.69, 9.17) is 5.73 Å². The lowest BCUT2D eigenvalue weighted by atomic mass is 9.83. The van der Waals surface area contributed by atoms with Crippen LogP contribution in [0.25, 0.3) is 0 Å². The fourth-order valence-electron chi connectivity index (χ4n) is 4.08. The van der Waals surface area contributed by atoms with Gasteiger partial charge < -0.3 is 5.73 Å². The zero-order chi connectivity index (χ0) is 12.5. The molecular formula is C16H22BrN. The molecule has 0 aromatic heterocycles. The lowest BCUT2D eigenvalue weighted by molar-refractivity contribution is 0.294. The Hall–Kier alpha value is -0.340. The van der Waals surface area contributed by atoms with E-state index in [9.17, 15) is 0 Å². The monoisotopic (exact) mass is 307 g/mol. The Morgan fingerprint density at radius 2 is 2.06 bits per heavy atom. The molecule has 4 unspecified atom stereocenters. The molecule has 0 aliphatic heterocycles. The molecule has 0 saturated heterocycles. The maximum absolute atomic E-state index is 6.37. The summed E-state index contributed by atoms with van der Waals surface area (Å²) in [5.74, 6) is 2.96. The summed E-state index contributed by atoms with van der Waals surface area (Å²) in [6, 6.07) is 8.79. The summed E-state index contributed by atoms with van der Waals surface area (Å²) in [6.45, 7) is 0. The van der Waals surface area contributed by atoms with Gasteiger partial charge in [0.1, 0.15) is 0 Å². The van der Waals surface area contributed by atoms with Crippen molar-refractivity contribution in [3.63, 3.8) is 0 Å². The van der Waals surface area contributed by atoms with Gasteiger partial charge in [0.25, 0.3) is 0 Å². The molecule has 1 aromatic rings. The van der Waals surface area contributed by atoms with E-state index < -0.39 is 0 Å². The lowest BCUT2D eigenvalue weighted by Crippen LogP contribution is -2.28. The number of hydrogen-bond donors (Lipinski definition) is 1. The highest BCUT2D eigenvalue weighted by Gasteiger charge is 2.39. The van der Waals surface area contributed by atoms with Crippen LogP contribution in [0.15, 0.2) is 28.7 Å². The van der Waals surface area contributed by atoms with Crippen LogP contribution in [0.1, 0.15) is 37.7 Å². The van der Waals surface area contributed by atoms with Crippen molar-refractivity contribution in [2.24, 2.45) is 23.5 Å². The molecule has 0 amide bonds. The van der Waals surface area contributed by atoms with Gasteiger partial charge in [-0.2, -0.15) is 0 Å². The summed E-state index contributed by atoms with van der Waals surface area (Å²) in [7, 11) is 0. The summed E-state index contributed by atoms with van der Waals surface area (Å²) in [5, 5.41) is 0. The van der Waals surface area contributed by atoms with Gasteiger partial charge in [-0.15, -0.1) is 0 Å². The van der Waals surface area contributed by atoms with Crippen LogP contribution in [0.4, 0.5) is 0 Å². The smallest absolute Gasteiger partial charge is 0.0207 e. The van der Waals surface area contributed by atoms with E-state index in [1.165, 1.54) is 42.1 Å². The quantitative estimate of drug-likeness (QED) is 0.888. The van der Waals surface area contributed by atoms with Crippen molar-refractivity contribution in [1.82, 2.24) is 0 Å².